The van der Waals surface area contributed by atoms with Gasteiger partial charge in [-0.2, -0.15) is 0 Å². The number of aldehydes is 1. The van der Waals surface area contributed by atoms with Crippen molar-refractivity contribution in [2.45, 2.75) is 20.0 Å². The fraction of sp³-hybridized carbons (Fsp3) is 0.300. The van der Waals surface area contributed by atoms with Gasteiger partial charge in [-0.25, -0.2) is 4.39 Å². The fourth-order valence-electron chi connectivity index (χ4n) is 0.964. The molecular formula is C10H11FO2. The number of hydrogen-bond acceptors (Lipinski definition) is 2. The van der Waals surface area contributed by atoms with Gasteiger partial charge in [0.05, 0.1) is 11.7 Å². The lowest BCUT2D eigenvalue weighted by molar-refractivity contribution is 0.111. The molecule has 0 radical (unpaired) electrons. The number of rotatable bonds is 3. The van der Waals surface area contributed by atoms with Crippen molar-refractivity contribution in [3.8, 4) is 5.75 Å². The average molecular weight is 182 g/mol. The average Bonchev–Trinajstić information content (AvgIpc) is 2.08. The third-order valence-corrected chi connectivity index (χ3v) is 1.48. The van der Waals surface area contributed by atoms with E-state index in [2.05, 4.69) is 0 Å². The van der Waals surface area contributed by atoms with Gasteiger partial charge >= 0.3 is 0 Å². The summed E-state index contributed by atoms with van der Waals surface area (Å²) < 4.78 is 18.4. The zero-order valence-electron chi connectivity index (χ0n) is 7.58. The molecule has 0 saturated carbocycles. The highest BCUT2D eigenvalue weighted by Crippen LogP contribution is 2.20. The molecule has 0 fully saturated rings. The topological polar surface area (TPSA) is 26.3 Å². The first-order valence-corrected chi connectivity index (χ1v) is 4.05. The predicted octanol–water partition coefficient (Wildman–Crippen LogP) is 2.43. The number of benzene rings is 1. The van der Waals surface area contributed by atoms with Gasteiger partial charge in [0.1, 0.15) is 0 Å². The molecule has 0 aliphatic rings. The van der Waals surface area contributed by atoms with E-state index in [1.54, 1.807) is 19.9 Å². The van der Waals surface area contributed by atoms with Gasteiger partial charge in [-0.05, 0) is 26.0 Å². The molecule has 0 saturated heterocycles. The van der Waals surface area contributed by atoms with Crippen LogP contribution in [0.5, 0.6) is 5.75 Å². The monoisotopic (exact) mass is 182 g/mol. The van der Waals surface area contributed by atoms with Crippen molar-refractivity contribution in [1.82, 2.24) is 0 Å². The lowest BCUT2D eigenvalue weighted by Crippen LogP contribution is -2.07. The van der Waals surface area contributed by atoms with Crippen LogP contribution >= 0.6 is 0 Å². The van der Waals surface area contributed by atoms with Crippen molar-refractivity contribution in [2.75, 3.05) is 0 Å². The first-order valence-electron chi connectivity index (χ1n) is 4.05. The van der Waals surface area contributed by atoms with Gasteiger partial charge in [0.15, 0.2) is 17.9 Å². The summed E-state index contributed by atoms with van der Waals surface area (Å²) in [5, 5.41) is 0. The second-order valence-corrected chi connectivity index (χ2v) is 2.94. The van der Waals surface area contributed by atoms with Crippen molar-refractivity contribution < 1.29 is 13.9 Å². The number of halogens is 1. The molecule has 13 heavy (non-hydrogen) atoms. The van der Waals surface area contributed by atoms with Crippen molar-refractivity contribution in [2.24, 2.45) is 0 Å². The first kappa shape index (κ1) is 9.71. The lowest BCUT2D eigenvalue weighted by atomic mass is 10.2. The van der Waals surface area contributed by atoms with Crippen LogP contribution in [0.2, 0.25) is 0 Å². The van der Waals surface area contributed by atoms with Crippen LogP contribution in [0, 0.1) is 5.82 Å². The van der Waals surface area contributed by atoms with Gasteiger partial charge in [0, 0.05) is 0 Å². The summed E-state index contributed by atoms with van der Waals surface area (Å²) in [5.41, 5.74) is 0.0261. The Morgan fingerprint density at radius 1 is 1.46 bits per heavy atom. The van der Waals surface area contributed by atoms with E-state index in [-0.39, 0.29) is 17.4 Å². The maximum atomic E-state index is 13.3. The summed E-state index contributed by atoms with van der Waals surface area (Å²) >= 11 is 0. The zero-order chi connectivity index (χ0) is 9.84. The quantitative estimate of drug-likeness (QED) is 0.671. The molecule has 0 atom stereocenters. The van der Waals surface area contributed by atoms with E-state index in [4.69, 9.17) is 4.74 Å². The highest BCUT2D eigenvalue weighted by Gasteiger charge is 2.08. The maximum Gasteiger partial charge on any atom is 0.175 e. The molecule has 0 spiro atoms. The van der Waals surface area contributed by atoms with Crippen LogP contribution in [0.4, 0.5) is 4.39 Å². The molecule has 0 unspecified atom stereocenters. The minimum Gasteiger partial charge on any atom is -0.488 e. The standard InChI is InChI=1S/C10H11FO2/c1-7(2)13-9-5-3-4-8(6-12)10(9)11/h3-7H,1-2H3. The fourth-order valence-corrected chi connectivity index (χ4v) is 0.964. The Morgan fingerprint density at radius 2 is 2.15 bits per heavy atom. The molecule has 0 aliphatic carbocycles. The van der Waals surface area contributed by atoms with Crippen LogP contribution in [-0.4, -0.2) is 12.4 Å². The number of ether oxygens (including phenoxy) is 1. The molecule has 0 aliphatic heterocycles. The maximum absolute atomic E-state index is 13.3. The van der Waals surface area contributed by atoms with Crippen LogP contribution in [0.3, 0.4) is 0 Å². The van der Waals surface area contributed by atoms with E-state index in [1.807, 2.05) is 0 Å². The van der Waals surface area contributed by atoms with Gasteiger partial charge in [0.2, 0.25) is 0 Å². The summed E-state index contributed by atoms with van der Waals surface area (Å²) in [6.45, 7) is 3.60. The van der Waals surface area contributed by atoms with Crippen LogP contribution in [0.15, 0.2) is 18.2 Å². The van der Waals surface area contributed by atoms with E-state index >= 15 is 0 Å². The Labute approximate surface area is 76.3 Å². The van der Waals surface area contributed by atoms with Crippen molar-refractivity contribution in [1.29, 1.82) is 0 Å². The highest BCUT2D eigenvalue weighted by atomic mass is 19.1. The summed E-state index contributed by atoms with van der Waals surface area (Å²) in [6, 6.07) is 4.50. The second-order valence-electron chi connectivity index (χ2n) is 2.94. The normalized spacial score (nSPS) is 10.2. The molecule has 0 heterocycles. The van der Waals surface area contributed by atoms with E-state index in [9.17, 15) is 9.18 Å². The molecule has 70 valence electrons. The Bertz CT molecular complexity index is 308. The van der Waals surface area contributed by atoms with E-state index in [0.717, 1.165) is 0 Å². The molecule has 2 nitrogen and oxygen atoms in total. The zero-order valence-corrected chi connectivity index (χ0v) is 7.58. The smallest absolute Gasteiger partial charge is 0.175 e. The molecule has 0 aromatic heterocycles. The summed E-state index contributed by atoms with van der Waals surface area (Å²) in [5.74, 6) is -0.467. The summed E-state index contributed by atoms with van der Waals surface area (Å²) in [7, 11) is 0. The SMILES string of the molecule is CC(C)Oc1cccc(C=O)c1F. The number of carbonyl (C=O) groups is 1. The third-order valence-electron chi connectivity index (χ3n) is 1.48. The van der Waals surface area contributed by atoms with Crippen molar-refractivity contribution in [3.05, 3.63) is 29.6 Å². The van der Waals surface area contributed by atoms with Crippen molar-refractivity contribution in [3.63, 3.8) is 0 Å². The van der Waals surface area contributed by atoms with Crippen LogP contribution < -0.4 is 4.74 Å². The van der Waals surface area contributed by atoms with Gasteiger partial charge < -0.3 is 4.74 Å². The Kier molecular flexibility index (Phi) is 3.01. The van der Waals surface area contributed by atoms with E-state index in [1.165, 1.54) is 12.1 Å². The molecule has 0 amide bonds. The minimum atomic E-state index is -0.591. The highest BCUT2D eigenvalue weighted by molar-refractivity contribution is 5.76. The Morgan fingerprint density at radius 3 is 2.69 bits per heavy atom. The Hall–Kier alpha value is -1.38. The summed E-state index contributed by atoms with van der Waals surface area (Å²) in [4.78, 5) is 10.4. The molecule has 0 N–H and O–H groups in total. The predicted molar refractivity (Wildman–Crippen MR) is 47.6 cm³/mol. The van der Waals surface area contributed by atoms with Gasteiger partial charge in [-0.1, -0.05) is 6.07 Å². The van der Waals surface area contributed by atoms with E-state index in [0.29, 0.717) is 6.29 Å². The van der Waals surface area contributed by atoms with E-state index < -0.39 is 5.82 Å². The molecule has 1 rings (SSSR count). The molecule has 0 bridgehead atoms. The lowest BCUT2D eigenvalue weighted by Gasteiger charge is -2.10. The molecule has 3 heteroatoms. The Balaban J connectivity index is 3.01. The molecule has 1 aromatic carbocycles. The summed E-state index contributed by atoms with van der Waals surface area (Å²) in [6.07, 6.45) is 0.374. The second kappa shape index (κ2) is 4.03. The number of carbonyl (C=O) groups excluding carboxylic acids is 1. The number of hydrogen-bond donors (Lipinski definition) is 0. The molecule has 1 aromatic rings. The van der Waals surface area contributed by atoms with Crippen molar-refractivity contribution >= 4 is 6.29 Å². The third kappa shape index (κ3) is 2.28. The first-order chi connectivity index (χ1) is 6.15. The van der Waals surface area contributed by atoms with Gasteiger partial charge in [-0.15, -0.1) is 0 Å². The minimum absolute atomic E-state index is 0.0261. The van der Waals surface area contributed by atoms with Crippen LogP contribution in [0.1, 0.15) is 24.2 Å². The van der Waals surface area contributed by atoms with Crippen LogP contribution in [0.25, 0.3) is 0 Å². The van der Waals surface area contributed by atoms with Gasteiger partial charge in [0.25, 0.3) is 0 Å². The largest absolute Gasteiger partial charge is 0.488 e. The van der Waals surface area contributed by atoms with Gasteiger partial charge in [-0.3, -0.25) is 4.79 Å². The van der Waals surface area contributed by atoms with Crippen LogP contribution in [-0.2, 0) is 0 Å². The molecular weight excluding hydrogens is 171 g/mol.